The quantitative estimate of drug-likeness (QED) is 0.557. The molecule has 3 rings (SSSR count). The number of benzene rings is 1. The van der Waals surface area contributed by atoms with Crippen LogP contribution in [-0.2, 0) is 13.6 Å². The number of rotatable bonds is 4. The molecule has 0 radical (unpaired) electrons. The van der Waals surface area contributed by atoms with E-state index < -0.39 is 11.2 Å². The van der Waals surface area contributed by atoms with Gasteiger partial charge in [0.25, 0.3) is 5.56 Å². The van der Waals surface area contributed by atoms with Crippen molar-refractivity contribution in [2.75, 3.05) is 5.43 Å². The lowest BCUT2D eigenvalue weighted by Crippen LogP contribution is -2.29. The van der Waals surface area contributed by atoms with Crippen molar-refractivity contribution in [1.29, 1.82) is 0 Å². The summed E-state index contributed by atoms with van der Waals surface area (Å²) in [6.45, 7) is 4.29. The standard InChI is InChI=1S/C16H18N6O2/c1-4-22-12-13(21(3)16(24)18-14(12)23)17-15(22)20-19-10(2)11-8-6-5-7-9-11/h5-9H,4H2,1-3H3,(H,17,20)(H,18,23,24)/b19-10+. The van der Waals surface area contributed by atoms with Crippen LogP contribution >= 0.6 is 0 Å². The van der Waals surface area contributed by atoms with Gasteiger partial charge in [-0.1, -0.05) is 30.3 Å². The fourth-order valence-corrected chi connectivity index (χ4v) is 2.51. The normalized spacial score (nSPS) is 11.9. The number of hydrazone groups is 1. The van der Waals surface area contributed by atoms with E-state index in [0.717, 1.165) is 11.3 Å². The number of anilines is 1. The van der Waals surface area contributed by atoms with Crippen molar-refractivity contribution >= 4 is 22.8 Å². The van der Waals surface area contributed by atoms with Crippen LogP contribution in [0.4, 0.5) is 5.95 Å². The Kier molecular flexibility index (Phi) is 4.03. The summed E-state index contributed by atoms with van der Waals surface area (Å²) in [5.74, 6) is 0.412. The number of imidazole rings is 1. The van der Waals surface area contributed by atoms with E-state index in [2.05, 4.69) is 20.5 Å². The molecule has 0 atom stereocenters. The number of nitrogens with one attached hydrogen (secondary N) is 2. The van der Waals surface area contributed by atoms with Gasteiger partial charge >= 0.3 is 5.69 Å². The number of hydrogen-bond acceptors (Lipinski definition) is 5. The SMILES string of the molecule is CCn1c(N/N=C(\C)c2ccccc2)nc2c1c(=O)[nH]c(=O)n2C. The fraction of sp³-hybridized carbons (Fsp3) is 0.250. The molecule has 8 nitrogen and oxygen atoms in total. The zero-order valence-electron chi connectivity index (χ0n) is 13.7. The number of fused-ring (bicyclic) bond motifs is 1. The van der Waals surface area contributed by atoms with Gasteiger partial charge in [-0.15, -0.1) is 0 Å². The van der Waals surface area contributed by atoms with Crippen molar-refractivity contribution in [3.8, 4) is 0 Å². The van der Waals surface area contributed by atoms with Gasteiger partial charge in [0.1, 0.15) is 0 Å². The highest BCUT2D eigenvalue weighted by Crippen LogP contribution is 2.15. The van der Waals surface area contributed by atoms with E-state index in [1.807, 2.05) is 44.2 Å². The zero-order valence-corrected chi connectivity index (χ0v) is 13.7. The summed E-state index contributed by atoms with van der Waals surface area (Å²) in [4.78, 5) is 30.5. The van der Waals surface area contributed by atoms with E-state index in [9.17, 15) is 9.59 Å². The molecule has 8 heteroatoms. The Morgan fingerprint density at radius 2 is 2.00 bits per heavy atom. The molecule has 0 amide bonds. The Hall–Kier alpha value is -3.16. The maximum absolute atomic E-state index is 12.1. The smallest absolute Gasteiger partial charge is 0.303 e. The van der Waals surface area contributed by atoms with E-state index in [-0.39, 0.29) is 0 Å². The van der Waals surface area contributed by atoms with Crippen molar-refractivity contribution in [3.63, 3.8) is 0 Å². The minimum atomic E-state index is -0.497. The second-order valence-electron chi connectivity index (χ2n) is 5.35. The molecule has 1 aromatic carbocycles. The number of hydrogen-bond donors (Lipinski definition) is 2. The van der Waals surface area contributed by atoms with E-state index in [1.54, 1.807) is 11.6 Å². The summed E-state index contributed by atoms with van der Waals surface area (Å²) in [7, 11) is 1.57. The summed E-state index contributed by atoms with van der Waals surface area (Å²) < 4.78 is 3.00. The lowest BCUT2D eigenvalue weighted by Gasteiger charge is -2.05. The topological polar surface area (TPSA) is 97.1 Å². The highest BCUT2D eigenvalue weighted by Gasteiger charge is 2.16. The van der Waals surface area contributed by atoms with Gasteiger partial charge in [0.2, 0.25) is 5.95 Å². The average Bonchev–Trinajstić information content (AvgIpc) is 2.97. The lowest BCUT2D eigenvalue weighted by atomic mass is 10.1. The molecule has 2 aromatic heterocycles. The molecule has 24 heavy (non-hydrogen) atoms. The Morgan fingerprint density at radius 1 is 1.29 bits per heavy atom. The molecule has 0 saturated carbocycles. The molecule has 0 aliphatic rings. The van der Waals surface area contributed by atoms with Crippen LogP contribution in [-0.4, -0.2) is 24.8 Å². The van der Waals surface area contributed by atoms with Gasteiger partial charge in [-0.3, -0.25) is 14.3 Å². The van der Waals surface area contributed by atoms with Crippen molar-refractivity contribution in [1.82, 2.24) is 19.1 Å². The average molecular weight is 326 g/mol. The van der Waals surface area contributed by atoms with Crippen LogP contribution in [0.25, 0.3) is 11.2 Å². The summed E-state index contributed by atoms with van der Waals surface area (Å²) >= 11 is 0. The predicted octanol–water partition coefficient (Wildman–Crippen LogP) is 1.28. The van der Waals surface area contributed by atoms with Gasteiger partial charge < -0.3 is 4.57 Å². The molecule has 0 saturated heterocycles. The Balaban J connectivity index is 2.07. The molecule has 0 spiro atoms. The van der Waals surface area contributed by atoms with Gasteiger partial charge in [0, 0.05) is 13.6 Å². The summed E-state index contributed by atoms with van der Waals surface area (Å²) in [6, 6.07) is 9.72. The number of aromatic amines is 1. The molecular formula is C16H18N6O2. The highest BCUT2D eigenvalue weighted by molar-refractivity contribution is 5.99. The highest BCUT2D eigenvalue weighted by atomic mass is 16.2. The second kappa shape index (κ2) is 6.15. The molecule has 124 valence electrons. The van der Waals surface area contributed by atoms with Crippen LogP contribution in [0.5, 0.6) is 0 Å². The first kappa shape index (κ1) is 15.7. The predicted molar refractivity (Wildman–Crippen MR) is 93.5 cm³/mol. The van der Waals surface area contributed by atoms with E-state index >= 15 is 0 Å². The minimum Gasteiger partial charge on any atom is -0.303 e. The molecule has 2 N–H and O–H groups in total. The summed E-state index contributed by atoms with van der Waals surface area (Å²) in [5, 5.41) is 4.33. The number of aryl methyl sites for hydroxylation is 2. The number of H-pyrrole nitrogens is 1. The third kappa shape index (κ3) is 2.62. The molecule has 0 unspecified atom stereocenters. The van der Waals surface area contributed by atoms with Crippen LogP contribution in [0.15, 0.2) is 45.0 Å². The Bertz CT molecular complexity index is 1030. The Morgan fingerprint density at radius 3 is 2.67 bits per heavy atom. The first-order valence-electron chi connectivity index (χ1n) is 7.58. The molecule has 0 fully saturated rings. The first-order valence-corrected chi connectivity index (χ1v) is 7.58. The molecule has 0 bridgehead atoms. The maximum Gasteiger partial charge on any atom is 0.329 e. The van der Waals surface area contributed by atoms with Gasteiger partial charge in [-0.2, -0.15) is 10.1 Å². The van der Waals surface area contributed by atoms with Crippen LogP contribution < -0.4 is 16.7 Å². The van der Waals surface area contributed by atoms with E-state index in [1.165, 1.54) is 4.57 Å². The molecular weight excluding hydrogens is 308 g/mol. The van der Waals surface area contributed by atoms with Gasteiger partial charge in [-0.05, 0) is 19.4 Å². The number of nitrogens with zero attached hydrogens (tertiary/aromatic N) is 4. The zero-order chi connectivity index (χ0) is 17.3. The minimum absolute atomic E-state index is 0.320. The maximum atomic E-state index is 12.1. The fourth-order valence-electron chi connectivity index (χ4n) is 2.51. The van der Waals surface area contributed by atoms with Crippen LogP contribution in [0.1, 0.15) is 19.4 Å². The van der Waals surface area contributed by atoms with Crippen LogP contribution in [0, 0.1) is 0 Å². The van der Waals surface area contributed by atoms with Crippen LogP contribution in [0.3, 0.4) is 0 Å². The Labute approximate surface area is 137 Å². The molecule has 0 aliphatic carbocycles. The largest absolute Gasteiger partial charge is 0.329 e. The van der Waals surface area contributed by atoms with Gasteiger partial charge in [-0.25, -0.2) is 10.2 Å². The van der Waals surface area contributed by atoms with Gasteiger partial charge in [0.15, 0.2) is 11.2 Å². The monoisotopic (exact) mass is 326 g/mol. The van der Waals surface area contributed by atoms with Crippen molar-refractivity contribution in [2.24, 2.45) is 12.1 Å². The van der Waals surface area contributed by atoms with E-state index in [0.29, 0.717) is 23.7 Å². The van der Waals surface area contributed by atoms with E-state index in [4.69, 9.17) is 0 Å². The second-order valence-corrected chi connectivity index (χ2v) is 5.35. The van der Waals surface area contributed by atoms with Crippen molar-refractivity contribution < 1.29 is 0 Å². The summed E-state index contributed by atoms with van der Waals surface area (Å²) in [5.41, 5.74) is 4.37. The number of aromatic nitrogens is 4. The van der Waals surface area contributed by atoms with Crippen molar-refractivity contribution in [3.05, 3.63) is 56.7 Å². The molecule has 0 aliphatic heterocycles. The molecule has 3 aromatic rings. The van der Waals surface area contributed by atoms with Crippen molar-refractivity contribution in [2.45, 2.75) is 20.4 Å². The molecule has 2 heterocycles. The van der Waals surface area contributed by atoms with Gasteiger partial charge in [0.05, 0.1) is 5.71 Å². The lowest BCUT2D eigenvalue weighted by molar-refractivity contribution is 0.781. The first-order chi connectivity index (χ1) is 11.5. The third-order valence-electron chi connectivity index (χ3n) is 3.84. The summed E-state index contributed by atoms with van der Waals surface area (Å²) in [6.07, 6.45) is 0. The third-order valence-corrected chi connectivity index (χ3v) is 3.84. The van der Waals surface area contributed by atoms with Crippen LogP contribution in [0.2, 0.25) is 0 Å².